The van der Waals surface area contributed by atoms with Crippen molar-refractivity contribution in [3.8, 4) is 0 Å². The summed E-state index contributed by atoms with van der Waals surface area (Å²) in [4.78, 5) is 18.7. The van der Waals surface area contributed by atoms with Crippen LogP contribution in [0.4, 0.5) is 4.39 Å². The van der Waals surface area contributed by atoms with Gasteiger partial charge in [-0.1, -0.05) is 12.1 Å². The number of likely N-dealkylation sites (tertiary alicyclic amines) is 1. The lowest BCUT2D eigenvalue weighted by Gasteiger charge is -2.33. The second-order valence-electron chi connectivity index (χ2n) is 7.86. The van der Waals surface area contributed by atoms with E-state index in [1.54, 1.807) is 13.1 Å². The van der Waals surface area contributed by atoms with Gasteiger partial charge in [0.1, 0.15) is 5.82 Å². The molecule has 3 rings (SSSR count). The number of nitrogens with zero attached hydrogens (tertiary/aromatic N) is 2. The van der Waals surface area contributed by atoms with Gasteiger partial charge in [0.15, 0.2) is 11.7 Å². The molecule has 8 heteroatoms. The maximum Gasteiger partial charge on any atom is 0.287 e. The molecule has 0 bridgehead atoms. The molecule has 0 saturated carbocycles. The second-order valence-corrected chi connectivity index (χ2v) is 7.86. The van der Waals surface area contributed by atoms with Gasteiger partial charge < -0.3 is 20.4 Å². The molecular weight excluding hydrogens is 397 g/mol. The Morgan fingerprint density at radius 3 is 2.52 bits per heavy atom. The molecule has 0 aliphatic carbocycles. The summed E-state index contributed by atoms with van der Waals surface area (Å²) in [5.74, 6) is 0.777. The van der Waals surface area contributed by atoms with Crippen molar-refractivity contribution in [3.05, 3.63) is 59.3 Å². The first kappa shape index (κ1) is 22.8. The zero-order valence-electron chi connectivity index (χ0n) is 18.3. The third-order valence-electron chi connectivity index (χ3n) is 5.47. The van der Waals surface area contributed by atoms with Crippen LogP contribution in [0, 0.1) is 12.7 Å². The highest BCUT2D eigenvalue weighted by Crippen LogP contribution is 2.14. The highest BCUT2D eigenvalue weighted by Gasteiger charge is 2.20. The molecule has 1 aliphatic heterocycles. The number of piperidine rings is 1. The third kappa shape index (κ3) is 7.10. The summed E-state index contributed by atoms with van der Waals surface area (Å²) < 4.78 is 18.2. The summed E-state index contributed by atoms with van der Waals surface area (Å²) in [6.45, 7) is 5.95. The molecule has 168 valence electrons. The number of furan rings is 1. The minimum atomic E-state index is -0.194. The van der Waals surface area contributed by atoms with Crippen molar-refractivity contribution in [1.29, 1.82) is 0 Å². The Morgan fingerprint density at radius 2 is 1.87 bits per heavy atom. The fourth-order valence-electron chi connectivity index (χ4n) is 3.65. The molecular formula is C23H32FN5O2. The van der Waals surface area contributed by atoms with E-state index in [9.17, 15) is 9.18 Å². The molecule has 1 saturated heterocycles. The van der Waals surface area contributed by atoms with E-state index in [-0.39, 0.29) is 11.7 Å². The summed E-state index contributed by atoms with van der Waals surface area (Å²) in [7, 11) is 1.76. The van der Waals surface area contributed by atoms with Gasteiger partial charge in [0.05, 0.1) is 6.26 Å². The van der Waals surface area contributed by atoms with E-state index < -0.39 is 0 Å². The Labute approximate surface area is 183 Å². The number of carbonyl (C=O) groups excluding carboxylic acids is 1. The average molecular weight is 430 g/mol. The number of amides is 1. The van der Waals surface area contributed by atoms with E-state index in [0.717, 1.165) is 56.0 Å². The van der Waals surface area contributed by atoms with Gasteiger partial charge in [0.25, 0.3) is 5.91 Å². The lowest BCUT2D eigenvalue weighted by Crippen LogP contribution is -2.48. The summed E-state index contributed by atoms with van der Waals surface area (Å²) in [6.07, 6.45) is 4.36. The monoisotopic (exact) mass is 429 g/mol. The van der Waals surface area contributed by atoms with Gasteiger partial charge in [0, 0.05) is 51.4 Å². The predicted octanol–water partition coefficient (Wildman–Crippen LogP) is 2.68. The number of benzene rings is 1. The average Bonchev–Trinajstić information content (AvgIpc) is 3.21. The molecule has 1 aromatic heterocycles. The molecule has 1 aliphatic rings. The van der Waals surface area contributed by atoms with Crippen molar-refractivity contribution in [1.82, 2.24) is 20.9 Å². The minimum Gasteiger partial charge on any atom is -0.459 e. The summed E-state index contributed by atoms with van der Waals surface area (Å²) in [5, 5.41) is 9.66. The van der Waals surface area contributed by atoms with Crippen molar-refractivity contribution in [2.24, 2.45) is 4.99 Å². The number of aryl methyl sites for hydroxylation is 1. The lowest BCUT2D eigenvalue weighted by atomic mass is 10.0. The number of hydrogen-bond acceptors (Lipinski definition) is 4. The van der Waals surface area contributed by atoms with Crippen molar-refractivity contribution in [3.63, 3.8) is 0 Å². The summed E-state index contributed by atoms with van der Waals surface area (Å²) >= 11 is 0. The van der Waals surface area contributed by atoms with Gasteiger partial charge >= 0.3 is 0 Å². The van der Waals surface area contributed by atoms with E-state index in [1.165, 1.54) is 18.4 Å². The molecule has 2 heterocycles. The first-order valence-corrected chi connectivity index (χ1v) is 10.8. The zero-order chi connectivity index (χ0) is 22.1. The molecule has 0 unspecified atom stereocenters. The number of halogens is 1. The number of guanidine groups is 1. The molecule has 1 amide bonds. The van der Waals surface area contributed by atoms with Gasteiger partial charge in [-0.05, 0) is 49.9 Å². The summed E-state index contributed by atoms with van der Waals surface area (Å²) in [5.41, 5.74) is 1.98. The normalized spacial score (nSPS) is 15.6. The Bertz CT molecular complexity index is 857. The number of hydrogen-bond donors (Lipinski definition) is 3. The van der Waals surface area contributed by atoms with E-state index in [0.29, 0.717) is 24.9 Å². The van der Waals surface area contributed by atoms with Crippen molar-refractivity contribution < 1.29 is 13.6 Å². The molecule has 7 nitrogen and oxygen atoms in total. The molecule has 0 radical (unpaired) electrons. The Morgan fingerprint density at radius 1 is 1.16 bits per heavy atom. The number of rotatable bonds is 8. The van der Waals surface area contributed by atoms with E-state index in [2.05, 4.69) is 25.8 Å². The first-order chi connectivity index (χ1) is 15.0. The SMILES string of the molecule is CN=C(NCCCNC(=O)c1occc1C)NC1CCN(Cc2ccc(F)cc2)CC1. The van der Waals surface area contributed by atoms with Gasteiger partial charge in [-0.2, -0.15) is 0 Å². The Balaban J connectivity index is 1.30. The molecule has 0 atom stereocenters. The maximum atomic E-state index is 13.0. The van der Waals surface area contributed by atoms with Crippen LogP contribution in [0.2, 0.25) is 0 Å². The predicted molar refractivity (Wildman–Crippen MR) is 120 cm³/mol. The smallest absolute Gasteiger partial charge is 0.287 e. The second kappa shape index (κ2) is 11.5. The number of carbonyl (C=O) groups is 1. The van der Waals surface area contributed by atoms with Crippen LogP contribution in [-0.2, 0) is 6.54 Å². The van der Waals surface area contributed by atoms with E-state index in [1.807, 2.05) is 19.1 Å². The van der Waals surface area contributed by atoms with Crippen LogP contribution in [0.15, 0.2) is 46.0 Å². The Hall–Kier alpha value is -2.87. The van der Waals surface area contributed by atoms with E-state index >= 15 is 0 Å². The Kier molecular flexibility index (Phi) is 8.46. The van der Waals surface area contributed by atoms with Gasteiger partial charge in [-0.15, -0.1) is 0 Å². The van der Waals surface area contributed by atoms with Crippen LogP contribution in [0.25, 0.3) is 0 Å². The van der Waals surface area contributed by atoms with Crippen molar-refractivity contribution in [2.75, 3.05) is 33.2 Å². The first-order valence-electron chi connectivity index (χ1n) is 10.8. The molecule has 2 aromatic rings. The topological polar surface area (TPSA) is 81.9 Å². The molecule has 31 heavy (non-hydrogen) atoms. The van der Waals surface area contributed by atoms with Crippen LogP contribution in [0.1, 0.15) is 40.9 Å². The van der Waals surface area contributed by atoms with Crippen LogP contribution < -0.4 is 16.0 Å². The van der Waals surface area contributed by atoms with Gasteiger partial charge in [0.2, 0.25) is 0 Å². The van der Waals surface area contributed by atoms with Crippen LogP contribution in [-0.4, -0.2) is 56.0 Å². The highest BCUT2D eigenvalue weighted by atomic mass is 19.1. The fraction of sp³-hybridized carbons (Fsp3) is 0.478. The summed E-state index contributed by atoms with van der Waals surface area (Å²) in [6, 6.07) is 8.88. The molecule has 0 spiro atoms. The van der Waals surface area contributed by atoms with Crippen molar-refractivity contribution >= 4 is 11.9 Å². The number of aliphatic imine (C=N–C) groups is 1. The maximum absolute atomic E-state index is 13.0. The van der Waals surface area contributed by atoms with Crippen LogP contribution >= 0.6 is 0 Å². The fourth-order valence-corrected chi connectivity index (χ4v) is 3.65. The number of nitrogens with one attached hydrogen (secondary N) is 3. The van der Waals surface area contributed by atoms with Gasteiger partial charge in [-0.25, -0.2) is 4.39 Å². The molecule has 1 aromatic carbocycles. The molecule has 1 fully saturated rings. The zero-order valence-corrected chi connectivity index (χ0v) is 18.3. The lowest BCUT2D eigenvalue weighted by molar-refractivity contribution is 0.0925. The quantitative estimate of drug-likeness (QED) is 0.342. The van der Waals surface area contributed by atoms with Gasteiger partial charge in [-0.3, -0.25) is 14.7 Å². The van der Waals surface area contributed by atoms with E-state index in [4.69, 9.17) is 4.42 Å². The minimum absolute atomic E-state index is 0.183. The van der Waals surface area contributed by atoms with Crippen LogP contribution in [0.3, 0.4) is 0 Å². The standard InChI is InChI=1S/C23H32FN5O2/c1-17-10-15-31-21(17)22(30)26-11-3-12-27-23(25-2)28-20-8-13-29(14-9-20)16-18-4-6-19(24)7-5-18/h4-7,10,15,20H,3,8-9,11-14,16H2,1-2H3,(H,26,30)(H2,25,27,28). The highest BCUT2D eigenvalue weighted by molar-refractivity contribution is 5.92. The third-order valence-corrected chi connectivity index (χ3v) is 5.47. The molecule has 3 N–H and O–H groups in total. The largest absolute Gasteiger partial charge is 0.459 e. The van der Waals surface area contributed by atoms with Crippen molar-refractivity contribution in [2.45, 2.75) is 38.8 Å². The van der Waals surface area contributed by atoms with Crippen LogP contribution in [0.5, 0.6) is 0 Å².